The molecule has 1 N–H and O–H groups in total. The average molecular weight is 278 g/mol. The summed E-state index contributed by atoms with van der Waals surface area (Å²) in [5.41, 5.74) is 2.36. The highest BCUT2D eigenvalue weighted by Crippen LogP contribution is 2.23. The summed E-state index contributed by atoms with van der Waals surface area (Å²) in [6.45, 7) is 7.98. The normalized spacial score (nSPS) is 15.7. The number of rotatable bonds is 3. The molecule has 1 heterocycles. The Morgan fingerprint density at radius 1 is 1.26 bits per heavy atom. The lowest BCUT2D eigenvalue weighted by Gasteiger charge is -2.26. The maximum Gasteiger partial charge on any atom is 0.136 e. The van der Waals surface area contributed by atoms with Gasteiger partial charge in [0, 0.05) is 30.1 Å². The molecule has 2 atom stereocenters. The highest BCUT2D eigenvalue weighted by Gasteiger charge is 2.28. The number of benzene rings is 1. The molecule has 0 aliphatic heterocycles. The van der Waals surface area contributed by atoms with Crippen LogP contribution in [0.5, 0.6) is 0 Å². The predicted octanol–water partition coefficient (Wildman–Crippen LogP) is 3.29. The first-order valence-corrected chi connectivity index (χ1v) is 7.67. The van der Waals surface area contributed by atoms with Crippen LogP contribution in [0.2, 0.25) is 0 Å². The van der Waals surface area contributed by atoms with E-state index in [1.54, 1.807) is 0 Å². The number of aromatic nitrogens is 1. The zero-order valence-electron chi connectivity index (χ0n) is 12.2. The van der Waals surface area contributed by atoms with Gasteiger partial charge in [0.1, 0.15) is 4.75 Å². The fourth-order valence-electron chi connectivity index (χ4n) is 1.95. The van der Waals surface area contributed by atoms with Crippen LogP contribution in [-0.2, 0) is 18.4 Å². The Kier molecular flexibility index (Phi) is 3.95. The van der Waals surface area contributed by atoms with Crippen molar-refractivity contribution in [1.82, 2.24) is 9.29 Å². The Hall–Kier alpha value is -0.970. The standard InChI is InChI=1S/C15H22N2OS/c1-11(16-19(18)15(2,3)4)13-7-6-12-8-9-17(5)14(12)10-13/h6-11,16H,1-5H3. The molecule has 3 nitrogen and oxygen atoms in total. The molecular weight excluding hydrogens is 256 g/mol. The van der Waals surface area contributed by atoms with E-state index >= 15 is 0 Å². The van der Waals surface area contributed by atoms with Gasteiger partial charge in [-0.25, -0.2) is 0 Å². The molecule has 0 saturated carbocycles. The van der Waals surface area contributed by atoms with Crippen molar-refractivity contribution < 1.29 is 4.55 Å². The third-order valence-electron chi connectivity index (χ3n) is 3.25. The summed E-state index contributed by atoms with van der Waals surface area (Å²) >= 11 is -1.05. The monoisotopic (exact) mass is 278 g/mol. The van der Waals surface area contributed by atoms with Crippen molar-refractivity contribution in [3.63, 3.8) is 0 Å². The van der Waals surface area contributed by atoms with Crippen molar-refractivity contribution in [3.05, 3.63) is 36.0 Å². The summed E-state index contributed by atoms with van der Waals surface area (Å²) in [4.78, 5) is 0. The van der Waals surface area contributed by atoms with Crippen LogP contribution in [0.25, 0.3) is 10.9 Å². The van der Waals surface area contributed by atoms with Gasteiger partial charge in [0.15, 0.2) is 0 Å². The lowest BCUT2D eigenvalue weighted by Crippen LogP contribution is -2.40. The van der Waals surface area contributed by atoms with Gasteiger partial charge in [-0.15, -0.1) is 4.72 Å². The molecule has 19 heavy (non-hydrogen) atoms. The molecule has 0 aliphatic carbocycles. The van der Waals surface area contributed by atoms with Gasteiger partial charge < -0.3 is 9.12 Å². The van der Waals surface area contributed by atoms with Gasteiger partial charge in [-0.3, -0.25) is 0 Å². The highest BCUT2D eigenvalue weighted by molar-refractivity contribution is 7.90. The van der Waals surface area contributed by atoms with Crippen LogP contribution in [0.4, 0.5) is 0 Å². The minimum atomic E-state index is -1.05. The Bertz CT molecular complexity index is 571. The summed E-state index contributed by atoms with van der Waals surface area (Å²) in [5.74, 6) is 0. The molecule has 1 aromatic carbocycles. The van der Waals surface area contributed by atoms with Gasteiger partial charge >= 0.3 is 0 Å². The van der Waals surface area contributed by atoms with Crippen LogP contribution in [-0.4, -0.2) is 13.9 Å². The third kappa shape index (κ3) is 3.14. The van der Waals surface area contributed by atoms with Gasteiger partial charge in [-0.1, -0.05) is 12.1 Å². The first-order chi connectivity index (χ1) is 8.79. The van der Waals surface area contributed by atoms with Gasteiger partial charge in [0.25, 0.3) is 0 Å². The molecule has 0 amide bonds. The van der Waals surface area contributed by atoms with E-state index in [4.69, 9.17) is 0 Å². The molecule has 2 unspecified atom stereocenters. The number of nitrogens with zero attached hydrogens (tertiary/aromatic N) is 1. The largest absolute Gasteiger partial charge is 0.598 e. The summed E-state index contributed by atoms with van der Waals surface area (Å²) in [6.07, 6.45) is 2.06. The molecule has 0 fully saturated rings. The predicted molar refractivity (Wildman–Crippen MR) is 82.4 cm³/mol. The maximum absolute atomic E-state index is 12.1. The zero-order chi connectivity index (χ0) is 14.2. The van der Waals surface area contributed by atoms with Gasteiger partial charge in [0.2, 0.25) is 0 Å². The second-order valence-electron chi connectivity index (χ2n) is 5.97. The van der Waals surface area contributed by atoms with Gasteiger partial charge in [-0.05, 0) is 50.8 Å². The minimum absolute atomic E-state index is 0.0689. The van der Waals surface area contributed by atoms with E-state index in [9.17, 15) is 4.55 Å². The summed E-state index contributed by atoms with van der Waals surface area (Å²) in [6, 6.07) is 8.54. The van der Waals surface area contributed by atoms with Crippen molar-refractivity contribution >= 4 is 22.3 Å². The van der Waals surface area contributed by atoms with Crippen LogP contribution in [0, 0.1) is 0 Å². The summed E-state index contributed by atoms with van der Waals surface area (Å²) in [5, 5.41) is 1.23. The van der Waals surface area contributed by atoms with E-state index in [0.29, 0.717) is 0 Å². The third-order valence-corrected chi connectivity index (χ3v) is 4.93. The van der Waals surface area contributed by atoms with Crippen molar-refractivity contribution in [1.29, 1.82) is 0 Å². The van der Waals surface area contributed by atoms with Crippen molar-refractivity contribution in [3.8, 4) is 0 Å². The molecule has 1 aromatic heterocycles. The Morgan fingerprint density at radius 2 is 1.95 bits per heavy atom. The van der Waals surface area contributed by atoms with Crippen LogP contribution in [0.3, 0.4) is 0 Å². The van der Waals surface area contributed by atoms with E-state index in [0.717, 1.165) is 5.56 Å². The Morgan fingerprint density at radius 3 is 2.58 bits per heavy atom. The molecule has 0 saturated heterocycles. The lowest BCUT2D eigenvalue weighted by atomic mass is 10.1. The van der Waals surface area contributed by atoms with E-state index < -0.39 is 11.4 Å². The van der Waals surface area contributed by atoms with Gasteiger partial charge in [-0.2, -0.15) is 0 Å². The molecule has 0 radical (unpaired) electrons. The van der Waals surface area contributed by atoms with E-state index in [1.165, 1.54) is 10.9 Å². The van der Waals surface area contributed by atoms with Crippen LogP contribution >= 0.6 is 0 Å². The van der Waals surface area contributed by atoms with Gasteiger partial charge in [0.05, 0.1) is 6.04 Å². The van der Waals surface area contributed by atoms with Crippen LogP contribution in [0.15, 0.2) is 30.5 Å². The Balaban J connectivity index is 2.21. The SMILES string of the molecule is CC(N[S+]([O-])C(C)(C)C)c1ccc2ccn(C)c2c1. The minimum Gasteiger partial charge on any atom is -0.598 e. The molecule has 2 rings (SSSR count). The molecule has 0 aliphatic rings. The number of hydrogen-bond donors (Lipinski definition) is 1. The first kappa shape index (κ1) is 14.4. The highest BCUT2D eigenvalue weighted by atomic mass is 32.2. The summed E-state index contributed by atoms with van der Waals surface area (Å²) < 4.78 is 17.2. The topological polar surface area (TPSA) is 40.0 Å². The lowest BCUT2D eigenvalue weighted by molar-refractivity contribution is 0.531. The van der Waals surface area contributed by atoms with Crippen LogP contribution < -0.4 is 4.72 Å². The van der Waals surface area contributed by atoms with Crippen molar-refractivity contribution in [2.24, 2.45) is 7.05 Å². The van der Waals surface area contributed by atoms with E-state index in [1.807, 2.05) is 34.7 Å². The fourth-order valence-corrected chi connectivity index (χ4v) is 2.76. The van der Waals surface area contributed by atoms with Crippen LogP contribution in [0.1, 0.15) is 39.3 Å². The second kappa shape index (κ2) is 5.19. The molecule has 104 valence electrons. The number of aryl methyl sites for hydroxylation is 1. The average Bonchev–Trinajstić information content (AvgIpc) is 2.69. The van der Waals surface area contributed by atoms with Crippen molar-refractivity contribution in [2.75, 3.05) is 0 Å². The molecule has 4 heteroatoms. The molecular formula is C15H22N2OS. The number of nitrogens with one attached hydrogen (secondary N) is 1. The molecule has 0 spiro atoms. The second-order valence-corrected chi connectivity index (χ2v) is 7.96. The maximum atomic E-state index is 12.1. The molecule has 2 aromatic rings. The molecule has 0 bridgehead atoms. The zero-order valence-corrected chi connectivity index (χ0v) is 13.0. The van der Waals surface area contributed by atoms with E-state index in [-0.39, 0.29) is 10.8 Å². The quantitative estimate of drug-likeness (QED) is 0.875. The Labute approximate surface area is 118 Å². The van der Waals surface area contributed by atoms with Crippen molar-refractivity contribution in [2.45, 2.75) is 38.5 Å². The number of hydrogen-bond acceptors (Lipinski definition) is 2. The first-order valence-electron chi connectivity index (χ1n) is 6.52. The number of fused-ring (bicyclic) bond motifs is 1. The van der Waals surface area contributed by atoms with E-state index in [2.05, 4.69) is 39.8 Å². The fraction of sp³-hybridized carbons (Fsp3) is 0.467. The smallest absolute Gasteiger partial charge is 0.136 e. The summed E-state index contributed by atoms with van der Waals surface area (Å²) in [7, 11) is 2.04.